The van der Waals surface area contributed by atoms with Gasteiger partial charge in [-0.3, -0.25) is 0 Å². The predicted molar refractivity (Wildman–Crippen MR) is 39.4 cm³/mol. The third-order valence-corrected chi connectivity index (χ3v) is 2.13. The Morgan fingerprint density at radius 2 is 1.67 bits per heavy atom. The predicted octanol–water partition coefficient (Wildman–Crippen LogP) is -2.15. The van der Waals surface area contributed by atoms with E-state index >= 15 is 0 Å². The minimum absolute atomic E-state index is 0.366. The molecule has 12 heavy (non-hydrogen) atoms. The van der Waals surface area contributed by atoms with E-state index in [4.69, 9.17) is 9.84 Å². The van der Waals surface area contributed by atoms with Gasteiger partial charge in [-0.2, -0.15) is 0 Å². The molecule has 1 rings (SSSR count). The minimum Gasteiger partial charge on any atom is -0.394 e. The van der Waals surface area contributed by atoms with Gasteiger partial charge in [0.05, 0.1) is 12.7 Å². The molecular formula is C7H14O5. The standard InChI is InChI=1S/C7H14O5/c1-3-5(9)7(11)6(10)4(2-8)12-3/h3-11H,2H2,1H3/t3?,4?,5-,6+,7-/m0/s1. The Morgan fingerprint density at radius 3 is 2.17 bits per heavy atom. The normalized spacial score (nSPS) is 49.2. The van der Waals surface area contributed by atoms with E-state index in [0.29, 0.717) is 0 Å². The SMILES string of the molecule is CC1OC(CO)[C@@H](O)[C@@H](O)[C@H]1O. The van der Waals surface area contributed by atoms with Gasteiger partial charge in [-0.25, -0.2) is 0 Å². The van der Waals surface area contributed by atoms with Crippen molar-refractivity contribution in [3.63, 3.8) is 0 Å². The van der Waals surface area contributed by atoms with Gasteiger partial charge in [-0.05, 0) is 6.92 Å². The van der Waals surface area contributed by atoms with Crippen molar-refractivity contribution >= 4 is 0 Å². The molecule has 2 unspecified atom stereocenters. The average molecular weight is 178 g/mol. The molecule has 1 aliphatic heterocycles. The van der Waals surface area contributed by atoms with Crippen molar-refractivity contribution in [1.82, 2.24) is 0 Å². The van der Waals surface area contributed by atoms with Crippen LogP contribution in [0.2, 0.25) is 0 Å². The first-order chi connectivity index (χ1) is 5.57. The Kier molecular flexibility index (Phi) is 3.03. The van der Waals surface area contributed by atoms with Crippen LogP contribution >= 0.6 is 0 Å². The summed E-state index contributed by atoms with van der Waals surface area (Å²) in [7, 11) is 0. The van der Waals surface area contributed by atoms with Crippen LogP contribution in [0.15, 0.2) is 0 Å². The van der Waals surface area contributed by atoms with Gasteiger partial charge in [-0.1, -0.05) is 0 Å². The third kappa shape index (κ3) is 1.60. The first-order valence-corrected chi connectivity index (χ1v) is 3.88. The fourth-order valence-electron chi connectivity index (χ4n) is 1.29. The first-order valence-electron chi connectivity index (χ1n) is 3.88. The molecule has 0 aromatic carbocycles. The molecule has 5 atom stereocenters. The summed E-state index contributed by atoms with van der Waals surface area (Å²) in [6, 6.07) is 0. The van der Waals surface area contributed by atoms with Crippen molar-refractivity contribution in [2.45, 2.75) is 37.4 Å². The van der Waals surface area contributed by atoms with Crippen LogP contribution in [-0.2, 0) is 4.74 Å². The van der Waals surface area contributed by atoms with E-state index in [-0.39, 0.29) is 6.61 Å². The van der Waals surface area contributed by atoms with Crippen LogP contribution in [-0.4, -0.2) is 57.6 Å². The summed E-state index contributed by atoms with van der Waals surface area (Å²) >= 11 is 0. The van der Waals surface area contributed by atoms with Crippen molar-refractivity contribution in [1.29, 1.82) is 0 Å². The fourth-order valence-corrected chi connectivity index (χ4v) is 1.29. The van der Waals surface area contributed by atoms with Gasteiger partial charge in [0.15, 0.2) is 0 Å². The van der Waals surface area contributed by atoms with Crippen LogP contribution in [0.25, 0.3) is 0 Å². The minimum atomic E-state index is -1.24. The van der Waals surface area contributed by atoms with Crippen LogP contribution in [0.1, 0.15) is 6.92 Å². The Balaban J connectivity index is 2.63. The second-order valence-corrected chi connectivity index (χ2v) is 3.03. The third-order valence-electron chi connectivity index (χ3n) is 2.13. The number of ether oxygens (including phenoxy) is 1. The largest absolute Gasteiger partial charge is 0.394 e. The zero-order valence-electron chi connectivity index (χ0n) is 6.79. The van der Waals surface area contributed by atoms with Crippen LogP contribution in [0.3, 0.4) is 0 Å². The second kappa shape index (κ2) is 3.68. The van der Waals surface area contributed by atoms with Gasteiger partial charge < -0.3 is 25.2 Å². The summed E-state index contributed by atoms with van der Waals surface area (Å²) < 4.78 is 5.02. The Labute approximate surface area is 70.2 Å². The highest BCUT2D eigenvalue weighted by atomic mass is 16.5. The first kappa shape index (κ1) is 9.88. The van der Waals surface area contributed by atoms with Crippen molar-refractivity contribution in [3.05, 3.63) is 0 Å². The highest BCUT2D eigenvalue weighted by molar-refractivity contribution is 4.89. The summed E-state index contributed by atoms with van der Waals surface area (Å²) in [6.45, 7) is 1.21. The molecule has 4 N–H and O–H groups in total. The topological polar surface area (TPSA) is 90.2 Å². The maximum atomic E-state index is 9.23. The highest BCUT2D eigenvalue weighted by Crippen LogP contribution is 2.20. The van der Waals surface area contributed by atoms with Crippen molar-refractivity contribution in [2.24, 2.45) is 0 Å². The van der Waals surface area contributed by atoms with E-state index in [9.17, 15) is 15.3 Å². The quantitative estimate of drug-likeness (QED) is 0.367. The lowest BCUT2D eigenvalue weighted by Crippen LogP contribution is -2.57. The average Bonchev–Trinajstić information content (AvgIpc) is 2.08. The molecule has 72 valence electrons. The van der Waals surface area contributed by atoms with Crippen LogP contribution in [0, 0.1) is 0 Å². The summed E-state index contributed by atoms with van der Waals surface area (Å²) in [5.74, 6) is 0. The van der Waals surface area contributed by atoms with E-state index in [1.54, 1.807) is 6.92 Å². The van der Waals surface area contributed by atoms with E-state index in [1.807, 2.05) is 0 Å². The summed E-state index contributed by atoms with van der Waals surface area (Å²) in [5, 5.41) is 36.4. The maximum Gasteiger partial charge on any atom is 0.111 e. The van der Waals surface area contributed by atoms with E-state index in [1.165, 1.54) is 0 Å². The molecule has 5 nitrogen and oxygen atoms in total. The molecule has 1 aliphatic rings. The Morgan fingerprint density at radius 1 is 1.08 bits per heavy atom. The molecule has 0 aromatic heterocycles. The fraction of sp³-hybridized carbons (Fsp3) is 1.00. The summed E-state index contributed by atoms with van der Waals surface area (Å²) in [5.41, 5.74) is 0. The number of hydrogen-bond acceptors (Lipinski definition) is 5. The molecule has 0 amide bonds. The highest BCUT2D eigenvalue weighted by Gasteiger charge is 2.41. The van der Waals surface area contributed by atoms with Crippen LogP contribution in [0.5, 0.6) is 0 Å². The van der Waals surface area contributed by atoms with Gasteiger partial charge in [-0.15, -0.1) is 0 Å². The molecule has 0 saturated carbocycles. The van der Waals surface area contributed by atoms with Crippen molar-refractivity contribution < 1.29 is 25.2 Å². The number of hydrogen-bond donors (Lipinski definition) is 4. The van der Waals surface area contributed by atoms with Gasteiger partial charge in [0.1, 0.15) is 24.4 Å². The summed E-state index contributed by atoms with van der Waals surface area (Å²) in [6.07, 6.45) is -4.94. The van der Waals surface area contributed by atoms with Gasteiger partial charge in [0.25, 0.3) is 0 Å². The van der Waals surface area contributed by atoms with Crippen molar-refractivity contribution in [2.75, 3.05) is 6.61 Å². The lowest BCUT2D eigenvalue weighted by molar-refractivity contribution is -0.224. The van der Waals surface area contributed by atoms with Crippen LogP contribution < -0.4 is 0 Å². The molecule has 1 saturated heterocycles. The van der Waals surface area contributed by atoms with E-state index in [2.05, 4.69) is 0 Å². The maximum absolute atomic E-state index is 9.23. The lowest BCUT2D eigenvalue weighted by atomic mass is 9.96. The lowest BCUT2D eigenvalue weighted by Gasteiger charge is -2.38. The number of rotatable bonds is 1. The second-order valence-electron chi connectivity index (χ2n) is 3.03. The van der Waals surface area contributed by atoms with Gasteiger partial charge in [0.2, 0.25) is 0 Å². The van der Waals surface area contributed by atoms with E-state index in [0.717, 1.165) is 0 Å². The van der Waals surface area contributed by atoms with Gasteiger partial charge in [0, 0.05) is 0 Å². The molecule has 0 aromatic rings. The molecular weight excluding hydrogens is 164 g/mol. The Bertz CT molecular complexity index is 146. The molecule has 0 bridgehead atoms. The molecule has 1 heterocycles. The van der Waals surface area contributed by atoms with Crippen LogP contribution in [0.4, 0.5) is 0 Å². The van der Waals surface area contributed by atoms with Crippen molar-refractivity contribution in [3.8, 4) is 0 Å². The number of aliphatic hydroxyl groups is 4. The molecule has 5 heteroatoms. The number of aliphatic hydroxyl groups excluding tert-OH is 4. The molecule has 0 radical (unpaired) electrons. The zero-order chi connectivity index (χ0) is 9.30. The summed E-state index contributed by atoms with van der Waals surface area (Å²) in [4.78, 5) is 0. The zero-order valence-corrected chi connectivity index (χ0v) is 6.79. The molecule has 0 aliphatic carbocycles. The smallest absolute Gasteiger partial charge is 0.111 e. The van der Waals surface area contributed by atoms with E-state index < -0.39 is 30.5 Å². The monoisotopic (exact) mass is 178 g/mol. The Hall–Kier alpha value is -0.200. The molecule has 0 spiro atoms. The molecule has 1 fully saturated rings. The van der Waals surface area contributed by atoms with Gasteiger partial charge >= 0.3 is 0 Å².